The molecule has 0 aliphatic carbocycles. The summed E-state index contributed by atoms with van der Waals surface area (Å²) in [6.07, 6.45) is 4.82. The molecule has 1 N–H and O–H groups in total. The lowest BCUT2D eigenvalue weighted by Gasteiger charge is -2.19. The molecule has 0 radical (unpaired) electrons. The lowest BCUT2D eigenvalue weighted by molar-refractivity contribution is 0.539. The van der Waals surface area contributed by atoms with Crippen molar-refractivity contribution in [3.63, 3.8) is 0 Å². The zero-order valence-corrected chi connectivity index (χ0v) is 11.4. The predicted octanol–water partition coefficient (Wildman–Crippen LogP) is 3.13. The van der Waals surface area contributed by atoms with Crippen LogP contribution in [0.15, 0.2) is 36.7 Å². The molecular formula is C15H20FN3. The van der Waals surface area contributed by atoms with E-state index < -0.39 is 0 Å². The molecule has 0 saturated heterocycles. The molecule has 3 nitrogen and oxygen atoms in total. The highest BCUT2D eigenvalue weighted by atomic mass is 19.1. The molecule has 1 aromatic heterocycles. The topological polar surface area (TPSA) is 29.9 Å². The zero-order valence-electron chi connectivity index (χ0n) is 11.4. The van der Waals surface area contributed by atoms with E-state index in [0.29, 0.717) is 0 Å². The van der Waals surface area contributed by atoms with Gasteiger partial charge in [0.05, 0.1) is 6.04 Å². The molecular weight excluding hydrogens is 241 g/mol. The van der Waals surface area contributed by atoms with Crippen LogP contribution in [-0.2, 0) is 6.54 Å². The van der Waals surface area contributed by atoms with E-state index in [1.807, 2.05) is 19.2 Å². The molecule has 0 saturated carbocycles. The van der Waals surface area contributed by atoms with Gasteiger partial charge in [-0.05, 0) is 30.7 Å². The van der Waals surface area contributed by atoms with Crippen molar-refractivity contribution in [1.82, 2.24) is 14.9 Å². The Kier molecular flexibility index (Phi) is 4.68. The lowest BCUT2D eigenvalue weighted by Crippen LogP contribution is -2.25. The Morgan fingerprint density at radius 2 is 2.21 bits per heavy atom. The van der Waals surface area contributed by atoms with Crippen LogP contribution in [0.3, 0.4) is 0 Å². The van der Waals surface area contributed by atoms with Crippen molar-refractivity contribution >= 4 is 0 Å². The summed E-state index contributed by atoms with van der Waals surface area (Å²) in [6.45, 7) is 5.90. The monoisotopic (exact) mass is 261 g/mol. The van der Waals surface area contributed by atoms with Crippen LogP contribution >= 0.6 is 0 Å². The van der Waals surface area contributed by atoms with E-state index in [2.05, 4.69) is 21.8 Å². The summed E-state index contributed by atoms with van der Waals surface area (Å²) in [5.41, 5.74) is 0.908. The SMILES string of the molecule is CCCn1ccnc1C(NCC)c1cccc(F)c1. The van der Waals surface area contributed by atoms with Gasteiger partial charge in [0, 0.05) is 18.9 Å². The fraction of sp³-hybridized carbons (Fsp3) is 0.400. The van der Waals surface area contributed by atoms with Crippen LogP contribution in [0.4, 0.5) is 4.39 Å². The molecule has 2 rings (SSSR count). The number of hydrogen-bond donors (Lipinski definition) is 1. The number of aryl methyl sites for hydroxylation is 1. The van der Waals surface area contributed by atoms with Gasteiger partial charge in [-0.1, -0.05) is 26.0 Å². The average Bonchev–Trinajstić information content (AvgIpc) is 2.84. The second kappa shape index (κ2) is 6.48. The number of hydrogen-bond acceptors (Lipinski definition) is 2. The van der Waals surface area contributed by atoms with E-state index in [1.165, 1.54) is 6.07 Å². The molecule has 102 valence electrons. The van der Waals surface area contributed by atoms with Crippen molar-refractivity contribution in [2.75, 3.05) is 6.54 Å². The van der Waals surface area contributed by atoms with Crippen LogP contribution in [-0.4, -0.2) is 16.1 Å². The first-order valence-electron chi connectivity index (χ1n) is 6.76. The molecule has 2 aromatic rings. The van der Waals surface area contributed by atoms with Crippen LogP contribution in [0.1, 0.15) is 37.7 Å². The minimum atomic E-state index is -0.214. The van der Waals surface area contributed by atoms with Crippen molar-refractivity contribution in [3.8, 4) is 0 Å². The van der Waals surface area contributed by atoms with Gasteiger partial charge in [-0.25, -0.2) is 9.37 Å². The van der Waals surface area contributed by atoms with Gasteiger partial charge >= 0.3 is 0 Å². The maximum Gasteiger partial charge on any atom is 0.130 e. The standard InChI is InChI=1S/C15H20FN3/c1-3-9-19-10-8-18-15(19)14(17-4-2)12-6-5-7-13(16)11-12/h5-8,10-11,14,17H,3-4,9H2,1-2H3. The van der Waals surface area contributed by atoms with Crippen molar-refractivity contribution in [3.05, 3.63) is 53.9 Å². The predicted molar refractivity (Wildman–Crippen MR) is 74.4 cm³/mol. The normalized spacial score (nSPS) is 12.6. The number of halogens is 1. The lowest BCUT2D eigenvalue weighted by atomic mass is 10.1. The quantitative estimate of drug-likeness (QED) is 0.865. The number of nitrogens with zero attached hydrogens (tertiary/aromatic N) is 2. The third-order valence-electron chi connectivity index (χ3n) is 3.06. The van der Waals surface area contributed by atoms with Crippen LogP contribution in [0.5, 0.6) is 0 Å². The van der Waals surface area contributed by atoms with Crippen molar-refractivity contribution in [2.45, 2.75) is 32.9 Å². The summed E-state index contributed by atoms with van der Waals surface area (Å²) < 4.78 is 15.5. The molecule has 0 aliphatic heterocycles. The van der Waals surface area contributed by atoms with Gasteiger partial charge < -0.3 is 9.88 Å². The third kappa shape index (κ3) is 3.20. The van der Waals surface area contributed by atoms with E-state index >= 15 is 0 Å². The second-order valence-corrected chi connectivity index (χ2v) is 4.52. The van der Waals surface area contributed by atoms with E-state index in [1.54, 1.807) is 18.3 Å². The fourth-order valence-electron chi connectivity index (χ4n) is 2.26. The van der Waals surface area contributed by atoms with Crippen molar-refractivity contribution < 1.29 is 4.39 Å². The van der Waals surface area contributed by atoms with Crippen LogP contribution in [0.2, 0.25) is 0 Å². The van der Waals surface area contributed by atoms with Gasteiger partial charge in [0.2, 0.25) is 0 Å². The molecule has 1 aromatic carbocycles. The number of benzene rings is 1. The highest BCUT2D eigenvalue weighted by Crippen LogP contribution is 2.21. The summed E-state index contributed by atoms with van der Waals surface area (Å²) in [5, 5.41) is 3.38. The third-order valence-corrected chi connectivity index (χ3v) is 3.06. The van der Waals surface area contributed by atoms with E-state index in [9.17, 15) is 4.39 Å². The summed E-state index contributed by atoms with van der Waals surface area (Å²) in [5.74, 6) is 0.725. The maximum atomic E-state index is 13.4. The zero-order chi connectivity index (χ0) is 13.7. The van der Waals surface area contributed by atoms with Gasteiger partial charge in [0.15, 0.2) is 0 Å². The van der Waals surface area contributed by atoms with Crippen LogP contribution in [0, 0.1) is 5.82 Å². The molecule has 19 heavy (non-hydrogen) atoms. The Balaban J connectivity index is 2.36. The van der Waals surface area contributed by atoms with Gasteiger partial charge in [-0.3, -0.25) is 0 Å². The fourth-order valence-corrected chi connectivity index (χ4v) is 2.26. The minimum Gasteiger partial charge on any atom is -0.333 e. The molecule has 0 fully saturated rings. The van der Waals surface area contributed by atoms with Gasteiger partial charge in [0.25, 0.3) is 0 Å². The number of imidazole rings is 1. The minimum absolute atomic E-state index is 0.0674. The summed E-state index contributed by atoms with van der Waals surface area (Å²) in [6, 6.07) is 6.63. The molecule has 1 heterocycles. The maximum absolute atomic E-state index is 13.4. The van der Waals surface area contributed by atoms with Crippen molar-refractivity contribution in [2.24, 2.45) is 0 Å². The molecule has 0 amide bonds. The number of nitrogens with one attached hydrogen (secondary N) is 1. The van der Waals surface area contributed by atoms with Crippen LogP contribution in [0.25, 0.3) is 0 Å². The Labute approximate surface area is 113 Å². The highest BCUT2D eigenvalue weighted by Gasteiger charge is 2.18. The summed E-state index contributed by atoms with van der Waals surface area (Å²) in [4.78, 5) is 4.44. The molecule has 1 atom stereocenters. The molecule has 0 bridgehead atoms. The van der Waals surface area contributed by atoms with Gasteiger partial charge in [0.1, 0.15) is 11.6 Å². The Hall–Kier alpha value is -1.68. The second-order valence-electron chi connectivity index (χ2n) is 4.52. The smallest absolute Gasteiger partial charge is 0.130 e. The van der Waals surface area contributed by atoms with E-state index in [0.717, 1.165) is 30.9 Å². The number of aromatic nitrogens is 2. The highest BCUT2D eigenvalue weighted by molar-refractivity contribution is 5.26. The van der Waals surface area contributed by atoms with Crippen molar-refractivity contribution in [1.29, 1.82) is 0 Å². The molecule has 4 heteroatoms. The van der Waals surface area contributed by atoms with Gasteiger partial charge in [-0.15, -0.1) is 0 Å². The number of rotatable bonds is 6. The first kappa shape index (κ1) is 13.7. The Morgan fingerprint density at radius 1 is 1.37 bits per heavy atom. The Morgan fingerprint density at radius 3 is 2.89 bits per heavy atom. The van der Waals surface area contributed by atoms with E-state index in [4.69, 9.17) is 0 Å². The van der Waals surface area contributed by atoms with Gasteiger partial charge in [-0.2, -0.15) is 0 Å². The van der Waals surface area contributed by atoms with Crippen LogP contribution < -0.4 is 5.32 Å². The molecule has 0 spiro atoms. The molecule has 1 unspecified atom stereocenters. The first-order valence-corrected chi connectivity index (χ1v) is 6.76. The average molecular weight is 261 g/mol. The summed E-state index contributed by atoms with van der Waals surface area (Å²) in [7, 11) is 0. The largest absolute Gasteiger partial charge is 0.333 e. The summed E-state index contributed by atoms with van der Waals surface area (Å²) >= 11 is 0. The Bertz CT molecular complexity index is 522. The first-order chi connectivity index (χ1) is 9.26. The molecule has 0 aliphatic rings. The van der Waals surface area contributed by atoms with E-state index in [-0.39, 0.29) is 11.9 Å².